The van der Waals surface area contributed by atoms with Crippen LogP contribution in [0.1, 0.15) is 17.2 Å². The number of rotatable bonds is 4. The van der Waals surface area contributed by atoms with Crippen LogP contribution in [0.2, 0.25) is 5.02 Å². The summed E-state index contributed by atoms with van der Waals surface area (Å²) in [6.45, 7) is 2.41. The maximum absolute atomic E-state index is 6.12. The van der Waals surface area contributed by atoms with Crippen LogP contribution < -0.4 is 10.5 Å². The van der Waals surface area contributed by atoms with E-state index in [0.29, 0.717) is 17.3 Å². The molecule has 0 bridgehead atoms. The molecule has 2 aromatic carbocycles. The van der Waals surface area contributed by atoms with E-state index in [-0.39, 0.29) is 6.10 Å². The molecule has 0 fully saturated rings. The molecule has 2 aromatic rings. The lowest BCUT2D eigenvalue weighted by Crippen LogP contribution is -2.18. The van der Waals surface area contributed by atoms with Crippen LogP contribution in [0.3, 0.4) is 0 Å². The summed E-state index contributed by atoms with van der Waals surface area (Å²) < 4.78 is 5.90. The summed E-state index contributed by atoms with van der Waals surface area (Å²) in [5.41, 5.74) is 7.94. The normalized spacial score (nSPS) is 12.2. The molecule has 0 amide bonds. The predicted molar refractivity (Wildman–Crippen MR) is 75.1 cm³/mol. The van der Waals surface area contributed by atoms with Gasteiger partial charge in [0.1, 0.15) is 11.9 Å². The summed E-state index contributed by atoms with van der Waals surface area (Å²) in [6, 6.07) is 15.6. The van der Waals surface area contributed by atoms with Crippen molar-refractivity contribution in [2.75, 3.05) is 6.54 Å². The van der Waals surface area contributed by atoms with Crippen molar-refractivity contribution < 1.29 is 4.74 Å². The summed E-state index contributed by atoms with van der Waals surface area (Å²) in [7, 11) is 0. The van der Waals surface area contributed by atoms with Crippen molar-refractivity contribution in [2.24, 2.45) is 5.73 Å². The Hall–Kier alpha value is -1.51. The molecule has 0 spiro atoms. The molecule has 2 N–H and O–H groups in total. The maximum atomic E-state index is 6.12. The molecule has 3 heteroatoms. The Morgan fingerprint density at radius 3 is 2.56 bits per heavy atom. The van der Waals surface area contributed by atoms with E-state index in [1.165, 1.54) is 0 Å². The Balaban J connectivity index is 2.23. The number of aryl methyl sites for hydroxylation is 1. The molecular formula is C15H16ClNO. The van der Waals surface area contributed by atoms with Crippen LogP contribution >= 0.6 is 11.6 Å². The second-order valence-electron chi connectivity index (χ2n) is 4.19. The van der Waals surface area contributed by atoms with Gasteiger partial charge in [-0.25, -0.2) is 0 Å². The highest BCUT2D eigenvalue weighted by Gasteiger charge is 2.13. The van der Waals surface area contributed by atoms with E-state index >= 15 is 0 Å². The lowest BCUT2D eigenvalue weighted by Gasteiger charge is -2.19. The van der Waals surface area contributed by atoms with Gasteiger partial charge in [-0.1, -0.05) is 48.0 Å². The van der Waals surface area contributed by atoms with Gasteiger partial charge in [-0.3, -0.25) is 0 Å². The Kier molecular flexibility index (Phi) is 4.24. The average Bonchev–Trinajstić information content (AvgIpc) is 2.41. The molecule has 0 aliphatic carbocycles. The third-order valence-electron chi connectivity index (χ3n) is 2.74. The fraction of sp³-hybridized carbons (Fsp3) is 0.200. The number of hydrogen-bond donors (Lipinski definition) is 1. The van der Waals surface area contributed by atoms with Crippen molar-refractivity contribution in [1.82, 2.24) is 0 Å². The Morgan fingerprint density at radius 1 is 1.17 bits per heavy atom. The summed E-state index contributed by atoms with van der Waals surface area (Å²) in [4.78, 5) is 0. The van der Waals surface area contributed by atoms with E-state index in [2.05, 4.69) is 0 Å². The second-order valence-corrected chi connectivity index (χ2v) is 4.59. The minimum absolute atomic E-state index is 0.175. The standard InChI is InChI=1S/C15H16ClNO/c1-11-7-8-13(16)14(9-11)18-15(10-17)12-5-3-2-4-6-12/h2-9,15H,10,17H2,1H3. The zero-order chi connectivity index (χ0) is 13.0. The van der Waals surface area contributed by atoms with Gasteiger partial charge in [-0.2, -0.15) is 0 Å². The summed E-state index contributed by atoms with van der Waals surface area (Å²) in [5.74, 6) is 0.677. The summed E-state index contributed by atoms with van der Waals surface area (Å²) in [6.07, 6.45) is -0.175. The van der Waals surface area contributed by atoms with Gasteiger partial charge in [0.05, 0.1) is 5.02 Å². The van der Waals surface area contributed by atoms with Gasteiger partial charge in [0.2, 0.25) is 0 Å². The van der Waals surface area contributed by atoms with Crippen molar-refractivity contribution >= 4 is 11.6 Å². The number of nitrogens with two attached hydrogens (primary N) is 1. The van der Waals surface area contributed by atoms with Gasteiger partial charge in [0.15, 0.2) is 0 Å². The van der Waals surface area contributed by atoms with Crippen LogP contribution in [0, 0.1) is 6.92 Å². The van der Waals surface area contributed by atoms with Gasteiger partial charge < -0.3 is 10.5 Å². The molecule has 2 nitrogen and oxygen atoms in total. The quantitative estimate of drug-likeness (QED) is 0.910. The molecule has 0 saturated heterocycles. The average molecular weight is 262 g/mol. The largest absolute Gasteiger partial charge is 0.483 e. The van der Waals surface area contributed by atoms with Crippen LogP contribution in [0.25, 0.3) is 0 Å². The SMILES string of the molecule is Cc1ccc(Cl)c(OC(CN)c2ccccc2)c1. The first-order chi connectivity index (χ1) is 8.70. The molecular weight excluding hydrogens is 246 g/mol. The number of ether oxygens (including phenoxy) is 1. The fourth-order valence-electron chi connectivity index (χ4n) is 1.77. The second kappa shape index (κ2) is 5.89. The molecule has 2 rings (SSSR count). The highest BCUT2D eigenvalue weighted by molar-refractivity contribution is 6.32. The first-order valence-electron chi connectivity index (χ1n) is 5.88. The zero-order valence-electron chi connectivity index (χ0n) is 10.3. The smallest absolute Gasteiger partial charge is 0.139 e. The Labute approximate surface area is 112 Å². The summed E-state index contributed by atoms with van der Waals surface area (Å²) >= 11 is 6.12. The van der Waals surface area contributed by atoms with E-state index in [4.69, 9.17) is 22.1 Å². The van der Waals surface area contributed by atoms with E-state index in [1.807, 2.05) is 55.5 Å². The van der Waals surface area contributed by atoms with Crippen molar-refractivity contribution in [3.05, 3.63) is 64.7 Å². The first kappa shape index (κ1) is 12.9. The Morgan fingerprint density at radius 2 is 1.89 bits per heavy atom. The molecule has 0 aliphatic rings. The van der Waals surface area contributed by atoms with Crippen LogP contribution in [0.4, 0.5) is 0 Å². The number of benzene rings is 2. The topological polar surface area (TPSA) is 35.2 Å². The maximum Gasteiger partial charge on any atom is 0.139 e. The Bertz CT molecular complexity index is 513. The third kappa shape index (κ3) is 3.03. The van der Waals surface area contributed by atoms with E-state index in [0.717, 1.165) is 11.1 Å². The van der Waals surface area contributed by atoms with Crippen LogP contribution in [0.5, 0.6) is 5.75 Å². The van der Waals surface area contributed by atoms with E-state index in [1.54, 1.807) is 0 Å². The van der Waals surface area contributed by atoms with Crippen molar-refractivity contribution in [3.8, 4) is 5.75 Å². The lowest BCUT2D eigenvalue weighted by atomic mass is 10.1. The molecule has 0 saturated carbocycles. The minimum atomic E-state index is -0.175. The number of halogens is 1. The molecule has 0 aliphatic heterocycles. The monoisotopic (exact) mass is 261 g/mol. The van der Waals surface area contributed by atoms with Crippen molar-refractivity contribution in [2.45, 2.75) is 13.0 Å². The predicted octanol–water partition coefficient (Wildman–Crippen LogP) is 3.73. The van der Waals surface area contributed by atoms with Crippen LogP contribution in [0.15, 0.2) is 48.5 Å². The summed E-state index contributed by atoms with van der Waals surface area (Å²) in [5, 5.41) is 0.606. The van der Waals surface area contributed by atoms with Crippen LogP contribution in [-0.4, -0.2) is 6.54 Å². The van der Waals surface area contributed by atoms with Crippen molar-refractivity contribution in [3.63, 3.8) is 0 Å². The molecule has 94 valence electrons. The van der Waals surface area contributed by atoms with Gasteiger partial charge in [-0.05, 0) is 30.2 Å². The lowest BCUT2D eigenvalue weighted by molar-refractivity contribution is 0.214. The van der Waals surface area contributed by atoms with Gasteiger partial charge in [0, 0.05) is 6.54 Å². The molecule has 18 heavy (non-hydrogen) atoms. The highest BCUT2D eigenvalue weighted by atomic mass is 35.5. The van der Waals surface area contributed by atoms with Gasteiger partial charge in [-0.15, -0.1) is 0 Å². The van der Waals surface area contributed by atoms with E-state index in [9.17, 15) is 0 Å². The third-order valence-corrected chi connectivity index (χ3v) is 3.05. The fourth-order valence-corrected chi connectivity index (χ4v) is 1.94. The molecule has 1 unspecified atom stereocenters. The molecule has 1 atom stereocenters. The molecule has 0 heterocycles. The van der Waals surface area contributed by atoms with Crippen LogP contribution in [-0.2, 0) is 0 Å². The molecule has 0 aromatic heterocycles. The van der Waals surface area contributed by atoms with E-state index < -0.39 is 0 Å². The highest BCUT2D eigenvalue weighted by Crippen LogP contribution is 2.29. The van der Waals surface area contributed by atoms with Gasteiger partial charge in [0.25, 0.3) is 0 Å². The zero-order valence-corrected chi connectivity index (χ0v) is 11.0. The first-order valence-corrected chi connectivity index (χ1v) is 6.26. The molecule has 0 radical (unpaired) electrons. The van der Waals surface area contributed by atoms with Gasteiger partial charge >= 0.3 is 0 Å². The van der Waals surface area contributed by atoms with Crippen molar-refractivity contribution in [1.29, 1.82) is 0 Å². The minimum Gasteiger partial charge on any atom is -0.483 e. The number of hydrogen-bond acceptors (Lipinski definition) is 2.